The first-order valence-electron chi connectivity index (χ1n) is 10.0. The molecule has 2 aliphatic heterocycles. The molecule has 2 aromatic heterocycles. The lowest BCUT2D eigenvalue weighted by Gasteiger charge is -2.21. The highest BCUT2D eigenvalue weighted by Crippen LogP contribution is 2.32. The molecule has 31 heavy (non-hydrogen) atoms. The van der Waals surface area contributed by atoms with Gasteiger partial charge in [0.1, 0.15) is 23.8 Å². The molecule has 0 aliphatic carbocycles. The maximum atomic E-state index is 13.9. The summed E-state index contributed by atoms with van der Waals surface area (Å²) < 4.78 is 21.4. The van der Waals surface area contributed by atoms with Crippen molar-refractivity contribution in [2.24, 2.45) is 0 Å². The van der Waals surface area contributed by atoms with Crippen molar-refractivity contribution in [3.05, 3.63) is 57.2 Å². The normalized spacial score (nSPS) is 20.5. The highest BCUT2D eigenvalue weighted by Gasteiger charge is 2.33. The molecule has 1 saturated heterocycles. The first kappa shape index (κ1) is 20.2. The molecule has 5 rings (SSSR count). The zero-order chi connectivity index (χ0) is 21.9. The van der Waals surface area contributed by atoms with Crippen LogP contribution in [0.15, 0.2) is 18.2 Å². The van der Waals surface area contributed by atoms with E-state index in [0.29, 0.717) is 42.5 Å². The molecule has 2 aliphatic rings. The van der Waals surface area contributed by atoms with Gasteiger partial charge in [-0.3, -0.25) is 4.79 Å². The number of aliphatic hydroxyl groups is 1. The van der Waals surface area contributed by atoms with Crippen LogP contribution in [0, 0.1) is 19.7 Å². The third-order valence-corrected chi connectivity index (χ3v) is 6.37. The van der Waals surface area contributed by atoms with Gasteiger partial charge in [-0.05, 0) is 26.0 Å². The van der Waals surface area contributed by atoms with E-state index in [1.54, 1.807) is 9.42 Å². The van der Waals surface area contributed by atoms with Crippen LogP contribution in [0.5, 0.6) is 5.75 Å². The van der Waals surface area contributed by atoms with Gasteiger partial charge in [0.15, 0.2) is 5.65 Å². The van der Waals surface area contributed by atoms with Gasteiger partial charge in [0.2, 0.25) is 0 Å². The van der Waals surface area contributed by atoms with Crippen LogP contribution in [0.4, 0.5) is 4.39 Å². The third-order valence-electron chi connectivity index (χ3n) is 5.82. The Morgan fingerprint density at radius 1 is 1.32 bits per heavy atom. The molecule has 0 spiro atoms. The monoisotopic (exact) mass is 445 g/mol. The van der Waals surface area contributed by atoms with E-state index >= 15 is 0 Å². The summed E-state index contributed by atoms with van der Waals surface area (Å²) in [5.74, 6) is -0.691. The molecule has 10 heteroatoms. The van der Waals surface area contributed by atoms with Crippen molar-refractivity contribution in [1.82, 2.24) is 24.8 Å². The van der Waals surface area contributed by atoms with E-state index in [1.165, 1.54) is 18.2 Å². The molecule has 1 aromatic carbocycles. The summed E-state index contributed by atoms with van der Waals surface area (Å²) in [6.45, 7) is 5.16. The Morgan fingerprint density at radius 2 is 2.13 bits per heavy atom. The fourth-order valence-corrected chi connectivity index (χ4v) is 4.24. The molecule has 2 atom stereocenters. The molecule has 3 aromatic rings. The molecule has 2 N–H and O–H groups in total. The largest absolute Gasteiger partial charge is 0.485 e. The lowest BCUT2D eigenvalue weighted by atomic mass is 10.1. The number of aliphatic hydroxyl groups excluding tert-OH is 1. The molecule has 1 fully saturated rings. The van der Waals surface area contributed by atoms with Gasteiger partial charge in [-0.1, -0.05) is 11.6 Å². The molecule has 0 bridgehead atoms. The van der Waals surface area contributed by atoms with Gasteiger partial charge in [0, 0.05) is 24.7 Å². The summed E-state index contributed by atoms with van der Waals surface area (Å²) in [5, 5.41) is 18.2. The molecule has 0 saturated carbocycles. The predicted octanol–water partition coefficient (Wildman–Crippen LogP) is 2.01. The predicted molar refractivity (Wildman–Crippen MR) is 111 cm³/mol. The highest BCUT2D eigenvalue weighted by atomic mass is 35.5. The van der Waals surface area contributed by atoms with Gasteiger partial charge >= 0.3 is 0 Å². The van der Waals surface area contributed by atoms with Gasteiger partial charge in [-0.2, -0.15) is 5.10 Å². The quantitative estimate of drug-likeness (QED) is 0.640. The third kappa shape index (κ3) is 3.33. The summed E-state index contributed by atoms with van der Waals surface area (Å²) in [5.41, 5.74) is 4.06. The summed E-state index contributed by atoms with van der Waals surface area (Å²) >= 11 is 6.29. The van der Waals surface area contributed by atoms with Crippen LogP contribution in [0.3, 0.4) is 0 Å². The summed E-state index contributed by atoms with van der Waals surface area (Å²) in [6.07, 6.45) is -1.27. The number of fused-ring (bicyclic) bond motifs is 3. The fourth-order valence-electron chi connectivity index (χ4n) is 4.12. The number of aromatic nitrogens is 3. The number of nitrogens with zero attached hydrogens (tertiary/aromatic N) is 4. The van der Waals surface area contributed by atoms with E-state index in [4.69, 9.17) is 16.3 Å². The van der Waals surface area contributed by atoms with Crippen molar-refractivity contribution in [2.75, 3.05) is 13.1 Å². The number of carbonyl (C=O) groups excluding carboxylic acids is 1. The zero-order valence-electron chi connectivity index (χ0n) is 17.0. The van der Waals surface area contributed by atoms with E-state index < -0.39 is 18.0 Å². The van der Waals surface area contributed by atoms with E-state index in [0.717, 1.165) is 17.0 Å². The Balaban J connectivity index is 1.44. The van der Waals surface area contributed by atoms with E-state index in [-0.39, 0.29) is 17.2 Å². The number of nitrogens with one attached hydrogen (secondary N) is 1. The van der Waals surface area contributed by atoms with Crippen LogP contribution in [0.2, 0.25) is 5.02 Å². The molecule has 4 heterocycles. The van der Waals surface area contributed by atoms with Crippen molar-refractivity contribution in [1.29, 1.82) is 0 Å². The maximum absolute atomic E-state index is 13.9. The topological polar surface area (TPSA) is 92.0 Å². The molecule has 0 unspecified atom stereocenters. The molecular formula is C21H21ClFN5O3. The second-order valence-electron chi connectivity index (χ2n) is 7.94. The summed E-state index contributed by atoms with van der Waals surface area (Å²) in [7, 11) is 0. The first-order valence-corrected chi connectivity index (χ1v) is 10.4. The number of amides is 1. The van der Waals surface area contributed by atoms with Gasteiger partial charge in [-0.15, -0.1) is 0 Å². The van der Waals surface area contributed by atoms with Crippen LogP contribution in [0.1, 0.15) is 33.0 Å². The van der Waals surface area contributed by atoms with E-state index in [2.05, 4.69) is 15.4 Å². The Kier molecular flexibility index (Phi) is 4.84. The zero-order valence-corrected chi connectivity index (χ0v) is 17.8. The SMILES string of the molecule is Cc1nc2c3c(nn2c(C)c1Cl)CN(C(=O)c1ccc(F)cc1O[C@@H]1CNC[C@H]1O)C3. The number of halogens is 2. The van der Waals surface area contributed by atoms with Gasteiger partial charge in [0.05, 0.1) is 40.8 Å². The number of ether oxygens (including phenoxy) is 1. The Labute approximate surface area is 182 Å². The molecule has 162 valence electrons. The van der Waals surface area contributed by atoms with Gasteiger partial charge < -0.3 is 20.1 Å². The standard InChI is InChI=1S/C21H21ClFN5O3/c1-10-19(22)11(2)28-20(25-10)14-8-27(9-15(14)26-28)21(30)13-4-3-12(23)5-17(13)31-18-7-24-6-16(18)29/h3-5,16,18,24,29H,6-9H2,1-2H3/t16-,18-/m1/s1. The van der Waals surface area contributed by atoms with Crippen molar-refractivity contribution in [2.45, 2.75) is 39.1 Å². The summed E-state index contributed by atoms with van der Waals surface area (Å²) in [6, 6.07) is 3.82. The minimum Gasteiger partial charge on any atom is -0.485 e. The van der Waals surface area contributed by atoms with Crippen LogP contribution in [-0.2, 0) is 13.1 Å². The number of hydrogen-bond donors (Lipinski definition) is 2. The minimum atomic E-state index is -0.722. The number of carbonyl (C=O) groups is 1. The van der Waals surface area contributed by atoms with Gasteiger partial charge in [0.25, 0.3) is 5.91 Å². The minimum absolute atomic E-state index is 0.119. The fraction of sp³-hybridized carbons (Fsp3) is 0.381. The second kappa shape index (κ2) is 7.44. The Bertz CT molecular complexity index is 1210. The van der Waals surface area contributed by atoms with Crippen LogP contribution >= 0.6 is 11.6 Å². The molecular weight excluding hydrogens is 425 g/mol. The van der Waals surface area contributed by atoms with Gasteiger partial charge in [-0.25, -0.2) is 13.9 Å². The number of β-amino-alcohol motifs (C(OH)–C–C–N with tert-alkyl or cyclic N) is 1. The average Bonchev–Trinajstić information content (AvgIpc) is 3.42. The second-order valence-corrected chi connectivity index (χ2v) is 8.32. The molecule has 8 nitrogen and oxygen atoms in total. The number of hydrogen-bond acceptors (Lipinski definition) is 6. The molecule has 0 radical (unpaired) electrons. The van der Waals surface area contributed by atoms with E-state index in [9.17, 15) is 14.3 Å². The lowest BCUT2D eigenvalue weighted by molar-refractivity contribution is 0.0666. The maximum Gasteiger partial charge on any atom is 0.258 e. The Hall–Kier alpha value is -2.75. The Morgan fingerprint density at radius 3 is 2.87 bits per heavy atom. The smallest absolute Gasteiger partial charge is 0.258 e. The van der Waals surface area contributed by atoms with E-state index in [1.807, 2.05) is 13.8 Å². The highest BCUT2D eigenvalue weighted by molar-refractivity contribution is 6.31. The van der Waals surface area contributed by atoms with Crippen LogP contribution in [0.25, 0.3) is 5.65 Å². The first-order chi connectivity index (χ1) is 14.8. The number of aryl methyl sites for hydroxylation is 2. The lowest BCUT2D eigenvalue weighted by Crippen LogP contribution is -2.32. The number of rotatable bonds is 3. The average molecular weight is 446 g/mol. The van der Waals surface area contributed by atoms with Crippen LogP contribution < -0.4 is 10.1 Å². The van der Waals surface area contributed by atoms with Crippen molar-refractivity contribution < 1.29 is 19.0 Å². The molecule has 1 amide bonds. The number of benzene rings is 1. The van der Waals surface area contributed by atoms with Crippen LogP contribution in [-0.4, -0.2) is 55.8 Å². The summed E-state index contributed by atoms with van der Waals surface area (Å²) in [4.78, 5) is 19.5. The van der Waals surface area contributed by atoms with Crippen molar-refractivity contribution in [3.63, 3.8) is 0 Å². The van der Waals surface area contributed by atoms with Crippen molar-refractivity contribution in [3.8, 4) is 5.75 Å². The van der Waals surface area contributed by atoms with Crippen molar-refractivity contribution >= 4 is 23.2 Å².